The minimum Gasteiger partial charge on any atom is -0.490 e. The summed E-state index contributed by atoms with van der Waals surface area (Å²) >= 11 is 5.91. The predicted molar refractivity (Wildman–Crippen MR) is 137 cm³/mol. The molecule has 1 aliphatic heterocycles. The van der Waals surface area contributed by atoms with Gasteiger partial charge in [-0.1, -0.05) is 32.0 Å². The molecule has 0 bridgehead atoms. The van der Waals surface area contributed by atoms with E-state index >= 15 is 0 Å². The summed E-state index contributed by atoms with van der Waals surface area (Å²) in [6.07, 6.45) is 5.37. The Morgan fingerprint density at radius 3 is 2.74 bits per heavy atom. The van der Waals surface area contributed by atoms with Gasteiger partial charge in [-0.2, -0.15) is 5.26 Å². The molecule has 0 saturated heterocycles. The summed E-state index contributed by atoms with van der Waals surface area (Å²) in [4.78, 5) is 10.5. The lowest BCUT2D eigenvalue weighted by Crippen LogP contribution is -2.34. The van der Waals surface area contributed by atoms with Crippen molar-refractivity contribution in [2.45, 2.75) is 51.7 Å². The maximum atomic E-state index is 14.3. The number of rotatable bonds is 12. The summed E-state index contributed by atoms with van der Waals surface area (Å²) in [5.74, 6) is 0.519. The molecule has 3 rings (SSSR count). The van der Waals surface area contributed by atoms with E-state index in [0.717, 1.165) is 18.5 Å². The second kappa shape index (κ2) is 12.5. The normalized spacial score (nSPS) is 15.1. The van der Waals surface area contributed by atoms with Gasteiger partial charge < -0.3 is 20.7 Å². The van der Waals surface area contributed by atoms with Crippen molar-refractivity contribution in [3.05, 3.63) is 65.1 Å². The van der Waals surface area contributed by atoms with Gasteiger partial charge in [0.2, 0.25) is 0 Å². The summed E-state index contributed by atoms with van der Waals surface area (Å²) in [7, 11) is 0. The fraction of sp³-hybridized carbons (Fsp3) is 0.423. The Kier molecular flexibility index (Phi) is 9.47. The van der Waals surface area contributed by atoms with Gasteiger partial charge in [0.05, 0.1) is 17.6 Å². The molecule has 1 aromatic carbocycles. The van der Waals surface area contributed by atoms with Crippen molar-refractivity contribution < 1.29 is 9.13 Å². The summed E-state index contributed by atoms with van der Waals surface area (Å²) in [6.45, 7) is 10.2. The molecule has 2 unspecified atom stereocenters. The molecule has 1 aromatic heterocycles. The summed E-state index contributed by atoms with van der Waals surface area (Å²) in [5, 5.41) is 13.0. The van der Waals surface area contributed by atoms with E-state index in [9.17, 15) is 4.39 Å². The summed E-state index contributed by atoms with van der Waals surface area (Å²) in [6, 6.07) is 6.87. The van der Waals surface area contributed by atoms with Gasteiger partial charge in [0.25, 0.3) is 0 Å². The topological polar surface area (TPSA) is 100 Å². The van der Waals surface area contributed by atoms with Crippen LogP contribution in [0.5, 0.6) is 5.75 Å². The molecule has 0 fully saturated rings. The standard InChI is InChI=1S/C26H32ClFN6O/c1-4-20(31-5-2)12-21(7-6-10-29)35-25-11-19(28)8-9-22(25)17(3)34-15-23(24(30)16-34)26-32-13-18(27)14-33-26/h8-9,11,13-14,20-21,31H,3-7,12,15-16,30H2,1-2H3. The highest BCUT2D eigenvalue weighted by Crippen LogP contribution is 2.34. The van der Waals surface area contributed by atoms with Gasteiger partial charge >= 0.3 is 0 Å². The minimum absolute atomic E-state index is 0.244. The van der Waals surface area contributed by atoms with Crippen LogP contribution in [0.1, 0.15) is 50.9 Å². The predicted octanol–water partition coefficient (Wildman–Crippen LogP) is 4.75. The van der Waals surface area contributed by atoms with Gasteiger partial charge in [-0.25, -0.2) is 14.4 Å². The molecule has 0 radical (unpaired) electrons. The van der Waals surface area contributed by atoms with Gasteiger partial charge in [0, 0.05) is 60.0 Å². The number of nitrogens with zero attached hydrogens (tertiary/aromatic N) is 4. The van der Waals surface area contributed by atoms with Crippen LogP contribution >= 0.6 is 11.6 Å². The third-order valence-corrected chi connectivity index (χ3v) is 6.22. The Labute approximate surface area is 211 Å². The van der Waals surface area contributed by atoms with Crippen LogP contribution in [0.3, 0.4) is 0 Å². The number of hydrogen-bond acceptors (Lipinski definition) is 7. The van der Waals surface area contributed by atoms with Crippen molar-refractivity contribution in [1.29, 1.82) is 5.26 Å². The number of nitriles is 1. The third kappa shape index (κ3) is 6.93. The maximum absolute atomic E-state index is 14.3. The van der Waals surface area contributed by atoms with Crippen LogP contribution in [0.2, 0.25) is 5.02 Å². The van der Waals surface area contributed by atoms with Crippen LogP contribution in [0.4, 0.5) is 4.39 Å². The molecule has 3 N–H and O–H groups in total. The van der Waals surface area contributed by atoms with E-state index in [1.54, 1.807) is 6.07 Å². The van der Waals surface area contributed by atoms with E-state index < -0.39 is 5.82 Å². The number of benzene rings is 1. The molecule has 0 aliphatic carbocycles. The van der Waals surface area contributed by atoms with Crippen molar-refractivity contribution in [2.24, 2.45) is 5.73 Å². The highest BCUT2D eigenvalue weighted by molar-refractivity contribution is 6.30. The molecule has 1 aliphatic rings. The third-order valence-electron chi connectivity index (χ3n) is 6.03. The largest absolute Gasteiger partial charge is 0.490 e. The highest BCUT2D eigenvalue weighted by atomic mass is 35.5. The van der Waals surface area contributed by atoms with E-state index in [1.807, 2.05) is 4.90 Å². The maximum Gasteiger partial charge on any atom is 0.158 e. The van der Waals surface area contributed by atoms with E-state index in [2.05, 4.69) is 41.8 Å². The summed E-state index contributed by atoms with van der Waals surface area (Å²) < 4.78 is 20.6. The number of halogens is 2. The van der Waals surface area contributed by atoms with Crippen molar-refractivity contribution >= 4 is 22.9 Å². The van der Waals surface area contributed by atoms with Crippen LogP contribution in [0, 0.1) is 17.1 Å². The number of hydrogen-bond donors (Lipinski definition) is 2. The smallest absolute Gasteiger partial charge is 0.158 e. The molecule has 0 amide bonds. The molecule has 2 heterocycles. The first-order valence-corrected chi connectivity index (χ1v) is 12.2. The van der Waals surface area contributed by atoms with Gasteiger partial charge in [0.1, 0.15) is 17.7 Å². The Bertz CT molecular complexity index is 1100. The van der Waals surface area contributed by atoms with Crippen LogP contribution < -0.4 is 15.8 Å². The van der Waals surface area contributed by atoms with Gasteiger partial charge in [-0.15, -0.1) is 0 Å². The van der Waals surface area contributed by atoms with Crippen LogP contribution in [0.25, 0.3) is 11.3 Å². The lowest BCUT2D eigenvalue weighted by atomic mass is 10.0. The molecule has 186 valence electrons. The zero-order valence-corrected chi connectivity index (χ0v) is 21.0. The molecule has 7 nitrogen and oxygen atoms in total. The van der Waals surface area contributed by atoms with Crippen LogP contribution in [0.15, 0.2) is 42.9 Å². The molecular formula is C26H32ClFN6O. The minimum atomic E-state index is -0.399. The fourth-order valence-corrected chi connectivity index (χ4v) is 4.25. The quantitative estimate of drug-likeness (QED) is 0.435. The average Bonchev–Trinajstić information content (AvgIpc) is 3.23. The Balaban J connectivity index is 1.81. The molecule has 0 spiro atoms. The highest BCUT2D eigenvalue weighted by Gasteiger charge is 2.27. The van der Waals surface area contributed by atoms with Gasteiger partial charge in [-0.05, 0) is 37.9 Å². The first-order chi connectivity index (χ1) is 16.9. The van der Waals surface area contributed by atoms with Gasteiger partial charge in [0.15, 0.2) is 5.82 Å². The van der Waals surface area contributed by atoms with Crippen molar-refractivity contribution in [2.75, 3.05) is 19.6 Å². The molecule has 0 saturated carbocycles. The van der Waals surface area contributed by atoms with E-state index in [1.165, 1.54) is 24.5 Å². The van der Waals surface area contributed by atoms with E-state index in [0.29, 0.717) is 65.9 Å². The number of aromatic nitrogens is 2. The van der Waals surface area contributed by atoms with Crippen molar-refractivity contribution in [3.63, 3.8) is 0 Å². The zero-order chi connectivity index (χ0) is 25.4. The van der Waals surface area contributed by atoms with Crippen molar-refractivity contribution in [3.8, 4) is 11.8 Å². The van der Waals surface area contributed by atoms with Crippen LogP contribution in [-0.4, -0.2) is 46.6 Å². The van der Waals surface area contributed by atoms with Crippen molar-refractivity contribution in [1.82, 2.24) is 20.2 Å². The Morgan fingerprint density at radius 2 is 2.09 bits per heavy atom. The monoisotopic (exact) mass is 498 g/mol. The average molecular weight is 499 g/mol. The summed E-state index contributed by atoms with van der Waals surface area (Å²) in [5.41, 5.74) is 9.08. The van der Waals surface area contributed by atoms with Gasteiger partial charge in [-0.3, -0.25) is 0 Å². The Morgan fingerprint density at radius 1 is 1.34 bits per heavy atom. The first kappa shape index (κ1) is 26.5. The van der Waals surface area contributed by atoms with E-state index in [-0.39, 0.29) is 12.1 Å². The Hall–Kier alpha value is -3.15. The number of nitrogens with two attached hydrogens (primary N) is 1. The second-order valence-corrected chi connectivity index (χ2v) is 8.94. The fourth-order valence-electron chi connectivity index (χ4n) is 4.16. The molecule has 9 heteroatoms. The number of nitrogens with one attached hydrogen (secondary N) is 1. The number of ether oxygens (including phenoxy) is 1. The zero-order valence-electron chi connectivity index (χ0n) is 20.2. The molecular weight excluding hydrogens is 467 g/mol. The van der Waals surface area contributed by atoms with E-state index in [4.69, 9.17) is 27.3 Å². The SMILES string of the molecule is C=C(c1ccc(F)cc1OC(CCC#N)CC(CC)NCC)N1CC(N)=C(c2ncc(Cl)cn2)C1. The second-order valence-electron chi connectivity index (χ2n) is 8.51. The lowest BCUT2D eigenvalue weighted by Gasteiger charge is -2.27. The lowest BCUT2D eigenvalue weighted by molar-refractivity contribution is 0.164. The molecule has 2 atom stereocenters. The van der Waals surface area contributed by atoms with Crippen LogP contribution in [-0.2, 0) is 0 Å². The first-order valence-electron chi connectivity index (χ1n) is 11.8. The molecule has 35 heavy (non-hydrogen) atoms. The molecule has 2 aromatic rings.